The highest BCUT2D eigenvalue weighted by Gasteiger charge is 2.18. The van der Waals surface area contributed by atoms with Gasteiger partial charge in [-0.2, -0.15) is 0 Å². The standard InChI is InChI=1S/C13H10ClNO3S/c1-7(16)15-10-6-11(19-12(10)13(17)18)8-4-2-3-5-9(8)14/h2-6H,1H3,(H,15,16)(H,17,18). The minimum atomic E-state index is -1.08. The van der Waals surface area contributed by atoms with Crippen LogP contribution in [0.1, 0.15) is 16.6 Å². The Morgan fingerprint density at radius 3 is 2.58 bits per heavy atom. The number of carbonyl (C=O) groups excluding carboxylic acids is 1. The molecule has 6 heteroatoms. The summed E-state index contributed by atoms with van der Waals surface area (Å²) in [5.41, 5.74) is 1.04. The quantitative estimate of drug-likeness (QED) is 0.907. The van der Waals surface area contributed by atoms with E-state index >= 15 is 0 Å². The van der Waals surface area contributed by atoms with Crippen molar-refractivity contribution in [2.75, 3.05) is 5.32 Å². The molecule has 1 heterocycles. The first-order valence-corrected chi connectivity index (χ1v) is 6.58. The van der Waals surface area contributed by atoms with Crippen LogP contribution < -0.4 is 5.32 Å². The van der Waals surface area contributed by atoms with Crippen molar-refractivity contribution in [2.45, 2.75) is 6.92 Å². The summed E-state index contributed by atoms with van der Waals surface area (Å²) < 4.78 is 0. The lowest BCUT2D eigenvalue weighted by Crippen LogP contribution is -2.08. The minimum Gasteiger partial charge on any atom is -0.477 e. The molecule has 1 aromatic carbocycles. The number of amides is 1. The number of carboxylic acid groups (broad SMARTS) is 1. The number of aromatic carboxylic acids is 1. The topological polar surface area (TPSA) is 66.4 Å². The number of carboxylic acids is 1. The fourth-order valence-corrected chi connectivity index (χ4v) is 2.91. The summed E-state index contributed by atoms with van der Waals surface area (Å²) in [5, 5.41) is 12.2. The van der Waals surface area contributed by atoms with Gasteiger partial charge in [0, 0.05) is 22.4 Å². The largest absolute Gasteiger partial charge is 0.477 e. The Morgan fingerprint density at radius 1 is 1.32 bits per heavy atom. The van der Waals surface area contributed by atoms with Crippen molar-refractivity contribution >= 4 is 40.5 Å². The van der Waals surface area contributed by atoms with Gasteiger partial charge < -0.3 is 10.4 Å². The Balaban J connectivity index is 2.52. The van der Waals surface area contributed by atoms with E-state index in [4.69, 9.17) is 16.7 Å². The summed E-state index contributed by atoms with van der Waals surface area (Å²) >= 11 is 7.16. The van der Waals surface area contributed by atoms with E-state index in [9.17, 15) is 9.59 Å². The van der Waals surface area contributed by atoms with Crippen molar-refractivity contribution in [1.82, 2.24) is 0 Å². The molecule has 0 spiro atoms. The summed E-state index contributed by atoms with van der Waals surface area (Å²) in [4.78, 5) is 23.0. The van der Waals surface area contributed by atoms with Gasteiger partial charge in [-0.15, -0.1) is 11.3 Å². The number of carbonyl (C=O) groups is 2. The number of hydrogen-bond acceptors (Lipinski definition) is 3. The number of thiophene rings is 1. The van der Waals surface area contributed by atoms with Crippen LogP contribution in [0, 0.1) is 0 Å². The number of nitrogens with one attached hydrogen (secondary N) is 1. The lowest BCUT2D eigenvalue weighted by atomic mass is 10.2. The Hall–Kier alpha value is -1.85. The van der Waals surface area contributed by atoms with Crippen LogP contribution in [0.4, 0.5) is 5.69 Å². The maximum Gasteiger partial charge on any atom is 0.348 e. The van der Waals surface area contributed by atoms with Gasteiger partial charge in [-0.25, -0.2) is 4.79 Å². The SMILES string of the molecule is CC(=O)Nc1cc(-c2ccccc2Cl)sc1C(=O)O. The molecular weight excluding hydrogens is 286 g/mol. The van der Waals surface area contributed by atoms with Crippen molar-refractivity contribution in [2.24, 2.45) is 0 Å². The van der Waals surface area contributed by atoms with Gasteiger partial charge in [-0.1, -0.05) is 29.8 Å². The number of halogens is 1. The summed E-state index contributed by atoms with van der Waals surface area (Å²) in [6, 6.07) is 8.77. The second-order valence-corrected chi connectivity index (χ2v) is 5.28. The first-order chi connectivity index (χ1) is 8.99. The minimum absolute atomic E-state index is 0.0881. The molecule has 0 bridgehead atoms. The summed E-state index contributed by atoms with van der Waals surface area (Å²) in [5.74, 6) is -1.39. The summed E-state index contributed by atoms with van der Waals surface area (Å²) in [6.07, 6.45) is 0. The molecule has 0 atom stereocenters. The molecule has 2 aromatic rings. The van der Waals surface area contributed by atoms with Crippen LogP contribution in [-0.2, 0) is 4.79 Å². The zero-order valence-electron chi connectivity index (χ0n) is 9.94. The molecule has 0 aliphatic heterocycles. The zero-order valence-corrected chi connectivity index (χ0v) is 11.5. The van der Waals surface area contributed by atoms with E-state index in [1.54, 1.807) is 24.3 Å². The van der Waals surface area contributed by atoms with Crippen LogP contribution in [0.15, 0.2) is 30.3 Å². The molecule has 0 saturated carbocycles. The average molecular weight is 296 g/mol. The van der Waals surface area contributed by atoms with Gasteiger partial charge in [-0.3, -0.25) is 4.79 Å². The van der Waals surface area contributed by atoms with Crippen LogP contribution in [0.2, 0.25) is 5.02 Å². The van der Waals surface area contributed by atoms with Gasteiger partial charge in [0.1, 0.15) is 4.88 Å². The van der Waals surface area contributed by atoms with E-state index in [2.05, 4.69) is 5.32 Å². The van der Waals surface area contributed by atoms with Gasteiger partial charge in [0.15, 0.2) is 0 Å². The molecule has 98 valence electrons. The molecule has 2 rings (SSSR count). The smallest absolute Gasteiger partial charge is 0.348 e. The molecule has 0 aliphatic rings. The molecule has 0 unspecified atom stereocenters. The van der Waals surface area contributed by atoms with E-state index in [1.807, 2.05) is 6.07 Å². The fraction of sp³-hybridized carbons (Fsp3) is 0.0769. The van der Waals surface area contributed by atoms with Crippen molar-refractivity contribution < 1.29 is 14.7 Å². The van der Waals surface area contributed by atoms with Crippen molar-refractivity contribution in [3.63, 3.8) is 0 Å². The Labute approximate surface area is 118 Å². The van der Waals surface area contributed by atoms with E-state index in [1.165, 1.54) is 6.92 Å². The third kappa shape index (κ3) is 2.94. The predicted molar refractivity (Wildman–Crippen MR) is 76.0 cm³/mol. The first-order valence-electron chi connectivity index (χ1n) is 5.38. The number of anilines is 1. The average Bonchev–Trinajstić information content (AvgIpc) is 2.72. The number of benzene rings is 1. The third-order valence-corrected chi connectivity index (χ3v) is 3.86. The first kappa shape index (κ1) is 13.6. The van der Waals surface area contributed by atoms with E-state index in [-0.39, 0.29) is 10.8 Å². The summed E-state index contributed by atoms with van der Waals surface area (Å²) in [6.45, 7) is 1.33. The van der Waals surface area contributed by atoms with Crippen molar-refractivity contribution in [1.29, 1.82) is 0 Å². The predicted octanol–water partition coefficient (Wildman–Crippen LogP) is 3.73. The molecule has 0 saturated heterocycles. The number of hydrogen-bond donors (Lipinski definition) is 2. The highest BCUT2D eigenvalue weighted by atomic mass is 35.5. The Bertz CT molecular complexity index is 651. The molecule has 1 aromatic heterocycles. The fourth-order valence-electron chi connectivity index (χ4n) is 1.63. The van der Waals surface area contributed by atoms with Crippen LogP contribution >= 0.6 is 22.9 Å². The highest BCUT2D eigenvalue weighted by Crippen LogP contribution is 2.37. The normalized spacial score (nSPS) is 10.2. The lowest BCUT2D eigenvalue weighted by Gasteiger charge is -1.99. The monoisotopic (exact) mass is 295 g/mol. The van der Waals surface area contributed by atoms with Crippen LogP contribution in [0.5, 0.6) is 0 Å². The van der Waals surface area contributed by atoms with Gasteiger partial charge in [0.05, 0.1) is 5.69 Å². The van der Waals surface area contributed by atoms with E-state index < -0.39 is 5.97 Å². The van der Waals surface area contributed by atoms with Gasteiger partial charge in [0.2, 0.25) is 5.91 Å². The Morgan fingerprint density at radius 2 is 2.00 bits per heavy atom. The van der Waals surface area contributed by atoms with Crippen LogP contribution in [-0.4, -0.2) is 17.0 Å². The zero-order chi connectivity index (χ0) is 14.0. The number of rotatable bonds is 3. The van der Waals surface area contributed by atoms with Crippen LogP contribution in [0.3, 0.4) is 0 Å². The molecule has 0 radical (unpaired) electrons. The third-order valence-electron chi connectivity index (χ3n) is 2.38. The summed E-state index contributed by atoms with van der Waals surface area (Å²) in [7, 11) is 0. The van der Waals surface area contributed by atoms with Crippen molar-refractivity contribution in [3.05, 3.63) is 40.2 Å². The highest BCUT2D eigenvalue weighted by molar-refractivity contribution is 7.18. The maximum atomic E-state index is 11.2. The molecular formula is C13H10ClNO3S. The van der Waals surface area contributed by atoms with Gasteiger partial charge >= 0.3 is 5.97 Å². The van der Waals surface area contributed by atoms with Gasteiger partial charge in [-0.05, 0) is 12.1 Å². The molecule has 0 fully saturated rings. The Kier molecular flexibility index (Phi) is 3.87. The van der Waals surface area contributed by atoms with Crippen LogP contribution in [0.25, 0.3) is 10.4 Å². The van der Waals surface area contributed by atoms with Crippen molar-refractivity contribution in [3.8, 4) is 10.4 Å². The molecule has 2 N–H and O–H groups in total. The maximum absolute atomic E-state index is 11.2. The van der Waals surface area contributed by atoms with Gasteiger partial charge in [0.25, 0.3) is 0 Å². The second kappa shape index (κ2) is 5.42. The second-order valence-electron chi connectivity index (χ2n) is 3.82. The van der Waals surface area contributed by atoms with E-state index in [0.717, 1.165) is 16.9 Å². The lowest BCUT2D eigenvalue weighted by molar-refractivity contribution is -0.114. The molecule has 0 aliphatic carbocycles. The molecule has 1 amide bonds. The molecule has 19 heavy (non-hydrogen) atoms. The molecule has 4 nitrogen and oxygen atoms in total. The van der Waals surface area contributed by atoms with E-state index in [0.29, 0.717) is 15.6 Å².